The highest BCUT2D eigenvalue weighted by Gasteiger charge is 2.22. The van der Waals surface area contributed by atoms with Crippen LogP contribution < -0.4 is 9.88 Å². The van der Waals surface area contributed by atoms with Crippen molar-refractivity contribution in [1.82, 2.24) is 19.7 Å². The average Bonchev–Trinajstić information content (AvgIpc) is 3.21. The van der Waals surface area contributed by atoms with E-state index in [1.165, 1.54) is 17.4 Å². The summed E-state index contributed by atoms with van der Waals surface area (Å²) in [4.78, 5) is 20.0. The Kier molecular flexibility index (Phi) is 6.09. The molecule has 7 nitrogen and oxygen atoms in total. The average molecular weight is 410 g/mol. The first-order valence-electron chi connectivity index (χ1n) is 9.86. The first-order valence-corrected chi connectivity index (χ1v) is 10.8. The Morgan fingerprint density at radius 1 is 1.03 bits per heavy atom. The van der Waals surface area contributed by atoms with E-state index >= 15 is 0 Å². The SMILES string of the molecule is CCn1c(SCC(=O)N2CCN(c3cc[nH+]cc3)CC2)nnc1-c1ccccc1. The lowest BCUT2D eigenvalue weighted by molar-refractivity contribution is -0.377. The molecule has 1 aromatic carbocycles. The first kappa shape index (κ1) is 19.4. The molecule has 1 aliphatic heterocycles. The highest BCUT2D eigenvalue weighted by atomic mass is 32.2. The smallest absolute Gasteiger partial charge is 0.233 e. The molecule has 1 amide bonds. The van der Waals surface area contributed by atoms with E-state index in [2.05, 4.69) is 43.7 Å². The minimum absolute atomic E-state index is 0.156. The maximum Gasteiger partial charge on any atom is 0.233 e. The van der Waals surface area contributed by atoms with Gasteiger partial charge in [0.05, 0.1) is 5.75 Å². The number of amides is 1. The summed E-state index contributed by atoms with van der Waals surface area (Å²) in [6.45, 7) is 6.03. The standard InChI is InChI=1S/C21H24N6OS/c1-2-27-20(17-6-4-3-5-7-17)23-24-21(27)29-16-19(28)26-14-12-25(13-15-26)18-8-10-22-11-9-18/h3-11H,2,12-16H2,1H3/p+1. The highest BCUT2D eigenvalue weighted by molar-refractivity contribution is 7.99. The normalized spacial score (nSPS) is 14.2. The molecule has 0 unspecified atom stereocenters. The number of pyridine rings is 1. The maximum atomic E-state index is 12.7. The Hall–Kier alpha value is -2.87. The number of nitrogens with one attached hydrogen (secondary N) is 1. The zero-order chi connectivity index (χ0) is 20.1. The molecule has 0 bridgehead atoms. The Bertz CT molecular complexity index is 938. The summed E-state index contributed by atoms with van der Waals surface area (Å²) in [6.07, 6.45) is 3.86. The molecule has 0 saturated carbocycles. The number of nitrogens with zero attached hydrogens (tertiary/aromatic N) is 5. The van der Waals surface area contributed by atoms with E-state index in [9.17, 15) is 4.79 Å². The second kappa shape index (κ2) is 9.09. The summed E-state index contributed by atoms with van der Waals surface area (Å²) in [5.41, 5.74) is 2.23. The van der Waals surface area contributed by atoms with Crippen LogP contribution in [0.15, 0.2) is 60.0 Å². The minimum atomic E-state index is 0.156. The van der Waals surface area contributed by atoms with Crippen molar-refractivity contribution >= 4 is 23.4 Å². The van der Waals surface area contributed by atoms with Gasteiger partial charge in [-0.05, 0) is 6.92 Å². The topological polar surface area (TPSA) is 68.4 Å². The molecule has 4 rings (SSSR count). The number of thioether (sulfide) groups is 1. The van der Waals surface area contributed by atoms with Gasteiger partial charge in [0, 0.05) is 56.1 Å². The number of benzene rings is 1. The van der Waals surface area contributed by atoms with Gasteiger partial charge in [0.1, 0.15) is 0 Å². The molecule has 0 radical (unpaired) electrons. The highest BCUT2D eigenvalue weighted by Crippen LogP contribution is 2.24. The molecule has 1 aliphatic rings. The number of anilines is 1. The van der Waals surface area contributed by atoms with E-state index in [0.29, 0.717) is 5.75 Å². The van der Waals surface area contributed by atoms with Crippen LogP contribution in [-0.2, 0) is 11.3 Å². The van der Waals surface area contributed by atoms with Crippen LogP contribution in [0.5, 0.6) is 0 Å². The zero-order valence-electron chi connectivity index (χ0n) is 16.5. The van der Waals surface area contributed by atoms with Gasteiger partial charge >= 0.3 is 0 Å². The van der Waals surface area contributed by atoms with Crippen molar-refractivity contribution in [1.29, 1.82) is 0 Å². The molecule has 29 heavy (non-hydrogen) atoms. The van der Waals surface area contributed by atoms with E-state index in [1.54, 1.807) is 0 Å². The Balaban J connectivity index is 1.34. The molecular weight excluding hydrogens is 384 g/mol. The minimum Gasteiger partial charge on any atom is -0.368 e. The van der Waals surface area contributed by atoms with Crippen molar-refractivity contribution < 1.29 is 9.78 Å². The Morgan fingerprint density at radius 2 is 1.76 bits per heavy atom. The summed E-state index contributed by atoms with van der Waals surface area (Å²) in [5, 5.41) is 9.47. The molecule has 0 aliphatic carbocycles. The summed E-state index contributed by atoms with van der Waals surface area (Å²) in [6, 6.07) is 14.2. The molecule has 1 N–H and O–H groups in total. The second-order valence-corrected chi connectivity index (χ2v) is 7.77. The van der Waals surface area contributed by atoms with Crippen LogP contribution in [0, 0.1) is 0 Å². The number of piperazine rings is 1. The van der Waals surface area contributed by atoms with Crippen LogP contribution in [0.1, 0.15) is 6.92 Å². The van der Waals surface area contributed by atoms with E-state index in [1.807, 2.05) is 47.6 Å². The number of rotatable bonds is 6. The molecule has 0 spiro atoms. The van der Waals surface area contributed by atoms with Crippen molar-refractivity contribution in [2.45, 2.75) is 18.6 Å². The third kappa shape index (κ3) is 4.42. The zero-order valence-corrected chi connectivity index (χ0v) is 17.3. The number of hydrogen-bond donors (Lipinski definition) is 0. The van der Waals surface area contributed by atoms with Crippen molar-refractivity contribution in [3.05, 3.63) is 54.9 Å². The van der Waals surface area contributed by atoms with Gasteiger partial charge < -0.3 is 14.4 Å². The number of hydrogen-bond acceptors (Lipinski definition) is 5. The molecular formula is C21H25N6OS+. The summed E-state index contributed by atoms with van der Waals surface area (Å²) in [7, 11) is 0. The lowest BCUT2D eigenvalue weighted by atomic mass is 10.2. The molecule has 0 atom stereocenters. The second-order valence-electron chi connectivity index (χ2n) is 6.83. The van der Waals surface area contributed by atoms with Crippen molar-refractivity contribution in [2.24, 2.45) is 0 Å². The molecule has 1 fully saturated rings. The van der Waals surface area contributed by atoms with Gasteiger partial charge in [-0.2, -0.15) is 0 Å². The van der Waals surface area contributed by atoms with Crippen molar-refractivity contribution in [3.63, 3.8) is 0 Å². The van der Waals surface area contributed by atoms with E-state index in [4.69, 9.17) is 0 Å². The Labute approximate surface area is 174 Å². The van der Waals surface area contributed by atoms with E-state index < -0.39 is 0 Å². The van der Waals surface area contributed by atoms with Crippen LogP contribution >= 0.6 is 11.8 Å². The van der Waals surface area contributed by atoms with Crippen LogP contribution in [-0.4, -0.2) is 57.5 Å². The summed E-state index contributed by atoms with van der Waals surface area (Å²) >= 11 is 1.47. The number of aromatic nitrogens is 4. The fraction of sp³-hybridized carbons (Fsp3) is 0.333. The van der Waals surface area contributed by atoms with Gasteiger partial charge in [0.15, 0.2) is 23.4 Å². The van der Waals surface area contributed by atoms with Gasteiger partial charge in [-0.25, -0.2) is 4.98 Å². The van der Waals surface area contributed by atoms with E-state index in [-0.39, 0.29) is 5.91 Å². The number of carbonyl (C=O) groups is 1. The van der Waals surface area contributed by atoms with Crippen LogP contribution in [0.25, 0.3) is 11.4 Å². The van der Waals surface area contributed by atoms with E-state index in [0.717, 1.165) is 49.3 Å². The molecule has 3 aromatic rings. The fourth-order valence-electron chi connectivity index (χ4n) is 3.50. The van der Waals surface area contributed by atoms with Gasteiger partial charge in [-0.1, -0.05) is 42.1 Å². The lowest BCUT2D eigenvalue weighted by Gasteiger charge is -2.35. The predicted octanol–water partition coefficient (Wildman–Crippen LogP) is 2.22. The molecule has 2 aromatic heterocycles. The largest absolute Gasteiger partial charge is 0.368 e. The van der Waals surface area contributed by atoms with Crippen LogP contribution in [0.2, 0.25) is 0 Å². The van der Waals surface area contributed by atoms with Crippen LogP contribution in [0.3, 0.4) is 0 Å². The molecule has 150 valence electrons. The van der Waals surface area contributed by atoms with Crippen LogP contribution in [0.4, 0.5) is 5.69 Å². The maximum absolute atomic E-state index is 12.7. The molecule has 3 heterocycles. The first-order chi connectivity index (χ1) is 14.3. The van der Waals surface area contributed by atoms with Gasteiger partial charge in [0.2, 0.25) is 5.91 Å². The number of carbonyl (C=O) groups excluding carboxylic acids is 1. The molecule has 8 heteroatoms. The number of H-pyrrole nitrogens is 1. The monoisotopic (exact) mass is 409 g/mol. The summed E-state index contributed by atoms with van der Waals surface area (Å²) < 4.78 is 2.07. The summed E-state index contributed by atoms with van der Waals surface area (Å²) in [5.74, 6) is 1.38. The Morgan fingerprint density at radius 3 is 2.45 bits per heavy atom. The lowest BCUT2D eigenvalue weighted by Crippen LogP contribution is -2.49. The van der Waals surface area contributed by atoms with Gasteiger partial charge in [0.25, 0.3) is 0 Å². The van der Waals surface area contributed by atoms with Gasteiger partial charge in [-0.3, -0.25) is 4.79 Å². The van der Waals surface area contributed by atoms with Crippen molar-refractivity contribution in [3.8, 4) is 11.4 Å². The number of aromatic amines is 1. The van der Waals surface area contributed by atoms with Gasteiger partial charge in [-0.15, -0.1) is 10.2 Å². The molecule has 1 saturated heterocycles. The third-order valence-electron chi connectivity index (χ3n) is 5.09. The fourth-order valence-corrected chi connectivity index (χ4v) is 4.41. The quantitative estimate of drug-likeness (QED) is 0.584. The van der Waals surface area contributed by atoms with Crippen molar-refractivity contribution in [2.75, 3.05) is 36.8 Å². The predicted molar refractivity (Wildman–Crippen MR) is 114 cm³/mol. The third-order valence-corrected chi connectivity index (χ3v) is 6.04.